The lowest BCUT2D eigenvalue weighted by Gasteiger charge is -2.34. The summed E-state index contributed by atoms with van der Waals surface area (Å²) in [6, 6.07) is 0. The highest BCUT2D eigenvalue weighted by Gasteiger charge is 2.32. The summed E-state index contributed by atoms with van der Waals surface area (Å²) in [5, 5.41) is 3.15. The number of esters is 1. The standard InChI is InChI=1S/C63H114N2O4/c1-6-9-12-15-18-21-24-27-30-33-36-39-42-45-48-51-55-63(59-64-62(67)68-58-53-57-65(4)5,56-52-49-46-43-40-37-34-31-28-25-22-19-16-13-10-7-2)60-69-61(66)54-50-47-44-41-38-35-32-29-26-23-20-17-14-11-8-3/h18-23,27-32H,6-17,24-26,33-60H2,1-5H3,(H,64,67)/b21-18-,22-19?,23-20-,30-27-,31-28?,32-29-. The fourth-order valence-electron chi connectivity index (χ4n) is 8.72. The number of ether oxygens (including phenoxy) is 2. The number of allylic oxidation sites excluding steroid dienone is 12. The molecule has 0 radical (unpaired) electrons. The van der Waals surface area contributed by atoms with E-state index in [2.05, 4.69) is 104 Å². The van der Waals surface area contributed by atoms with Gasteiger partial charge in [-0.05, 0) is 136 Å². The smallest absolute Gasteiger partial charge is 0.407 e. The van der Waals surface area contributed by atoms with Crippen LogP contribution >= 0.6 is 0 Å². The lowest BCUT2D eigenvalue weighted by molar-refractivity contribution is -0.147. The third-order valence-electron chi connectivity index (χ3n) is 13.3. The van der Waals surface area contributed by atoms with E-state index in [1.54, 1.807) is 0 Å². The van der Waals surface area contributed by atoms with E-state index in [-0.39, 0.29) is 17.5 Å². The fraction of sp³-hybridized carbons (Fsp3) is 0.778. The van der Waals surface area contributed by atoms with Gasteiger partial charge >= 0.3 is 12.1 Å². The van der Waals surface area contributed by atoms with Gasteiger partial charge < -0.3 is 19.7 Å². The Hall–Kier alpha value is -2.86. The second-order valence-electron chi connectivity index (χ2n) is 20.5. The van der Waals surface area contributed by atoms with Crippen molar-refractivity contribution in [2.75, 3.05) is 40.4 Å². The van der Waals surface area contributed by atoms with Crippen molar-refractivity contribution in [3.05, 3.63) is 72.9 Å². The molecule has 400 valence electrons. The van der Waals surface area contributed by atoms with Crippen LogP contribution < -0.4 is 5.32 Å². The first-order valence-electron chi connectivity index (χ1n) is 29.5. The first-order chi connectivity index (χ1) is 33.9. The summed E-state index contributed by atoms with van der Waals surface area (Å²) < 4.78 is 11.8. The van der Waals surface area contributed by atoms with Crippen LogP contribution in [0.4, 0.5) is 4.79 Å². The fourth-order valence-corrected chi connectivity index (χ4v) is 8.72. The molecule has 1 unspecified atom stereocenters. The minimum Gasteiger partial charge on any atom is -0.465 e. The molecule has 0 aromatic carbocycles. The third-order valence-corrected chi connectivity index (χ3v) is 13.3. The largest absolute Gasteiger partial charge is 0.465 e. The van der Waals surface area contributed by atoms with E-state index < -0.39 is 0 Å². The van der Waals surface area contributed by atoms with E-state index in [0.29, 0.717) is 26.2 Å². The Balaban J connectivity index is 5.20. The zero-order valence-corrected chi connectivity index (χ0v) is 46.4. The molecule has 0 aromatic rings. The van der Waals surface area contributed by atoms with Crippen molar-refractivity contribution in [2.24, 2.45) is 5.41 Å². The summed E-state index contributed by atoms with van der Waals surface area (Å²) in [6.45, 7) is 8.90. The van der Waals surface area contributed by atoms with Crippen LogP contribution in [0.15, 0.2) is 72.9 Å². The molecule has 0 spiro atoms. The first kappa shape index (κ1) is 66.1. The van der Waals surface area contributed by atoms with Crippen LogP contribution in [0.5, 0.6) is 0 Å². The maximum absolute atomic E-state index is 13.3. The molecule has 0 fully saturated rings. The Bertz CT molecular complexity index is 1230. The molecular weight excluding hydrogens is 849 g/mol. The van der Waals surface area contributed by atoms with Crippen molar-refractivity contribution in [1.29, 1.82) is 0 Å². The predicted molar refractivity (Wildman–Crippen MR) is 303 cm³/mol. The lowest BCUT2D eigenvalue weighted by atomic mass is 9.78. The van der Waals surface area contributed by atoms with Gasteiger partial charge in [-0.3, -0.25) is 4.79 Å². The second kappa shape index (κ2) is 54.5. The van der Waals surface area contributed by atoms with E-state index in [1.807, 2.05) is 14.1 Å². The third kappa shape index (κ3) is 51.3. The van der Waals surface area contributed by atoms with Gasteiger partial charge in [0.1, 0.15) is 0 Å². The molecule has 0 aromatic heterocycles. The van der Waals surface area contributed by atoms with Crippen molar-refractivity contribution in [3.63, 3.8) is 0 Å². The maximum Gasteiger partial charge on any atom is 0.407 e. The van der Waals surface area contributed by atoms with Gasteiger partial charge in [-0.15, -0.1) is 0 Å². The normalized spacial score (nSPS) is 13.2. The zero-order valence-electron chi connectivity index (χ0n) is 46.4. The molecular formula is C63H114N2O4. The summed E-state index contributed by atoms with van der Waals surface area (Å²) in [5.74, 6) is -0.0922. The molecule has 0 aliphatic carbocycles. The monoisotopic (exact) mass is 963 g/mol. The molecule has 0 bridgehead atoms. The van der Waals surface area contributed by atoms with Crippen molar-refractivity contribution >= 4 is 12.1 Å². The van der Waals surface area contributed by atoms with Gasteiger partial charge in [-0.25, -0.2) is 4.79 Å². The number of nitrogens with one attached hydrogen (secondary N) is 1. The van der Waals surface area contributed by atoms with Gasteiger partial charge in [0.05, 0.1) is 13.2 Å². The summed E-state index contributed by atoms with van der Waals surface area (Å²) in [5.41, 5.74) is -0.291. The zero-order chi connectivity index (χ0) is 50.2. The van der Waals surface area contributed by atoms with E-state index >= 15 is 0 Å². The number of hydrogen-bond acceptors (Lipinski definition) is 5. The molecule has 0 aliphatic heterocycles. The van der Waals surface area contributed by atoms with Crippen LogP contribution in [0.1, 0.15) is 271 Å². The number of unbranched alkanes of at least 4 members (excludes halogenated alkanes) is 26. The van der Waals surface area contributed by atoms with Gasteiger partial charge in [0.25, 0.3) is 0 Å². The summed E-state index contributed by atoms with van der Waals surface area (Å²) in [6.07, 6.45) is 72.7. The quantitative estimate of drug-likeness (QED) is 0.0374. The van der Waals surface area contributed by atoms with E-state index in [4.69, 9.17) is 9.47 Å². The Morgan fingerprint density at radius 2 is 0.768 bits per heavy atom. The molecule has 0 saturated heterocycles. The molecule has 6 nitrogen and oxygen atoms in total. The highest BCUT2D eigenvalue weighted by Crippen LogP contribution is 2.33. The van der Waals surface area contributed by atoms with E-state index in [0.717, 1.165) is 83.6 Å². The van der Waals surface area contributed by atoms with Crippen molar-refractivity contribution in [2.45, 2.75) is 271 Å². The van der Waals surface area contributed by atoms with Gasteiger partial charge in [0, 0.05) is 24.9 Å². The number of amides is 1. The van der Waals surface area contributed by atoms with Crippen LogP contribution in [-0.4, -0.2) is 57.4 Å². The number of hydrogen-bond donors (Lipinski definition) is 1. The molecule has 1 amide bonds. The average molecular weight is 964 g/mol. The molecule has 0 rings (SSSR count). The van der Waals surface area contributed by atoms with Crippen LogP contribution in [0.25, 0.3) is 0 Å². The molecule has 0 aliphatic rings. The van der Waals surface area contributed by atoms with Crippen molar-refractivity contribution < 1.29 is 19.1 Å². The summed E-state index contributed by atoms with van der Waals surface area (Å²) >= 11 is 0. The Morgan fingerprint density at radius 3 is 1.14 bits per heavy atom. The van der Waals surface area contributed by atoms with Gasteiger partial charge in [-0.2, -0.15) is 0 Å². The average Bonchev–Trinajstić information content (AvgIpc) is 3.34. The van der Waals surface area contributed by atoms with Gasteiger partial charge in [-0.1, -0.05) is 216 Å². The molecule has 0 saturated carbocycles. The highest BCUT2D eigenvalue weighted by atomic mass is 16.5. The second-order valence-corrected chi connectivity index (χ2v) is 20.5. The summed E-state index contributed by atoms with van der Waals surface area (Å²) in [4.78, 5) is 28.4. The topological polar surface area (TPSA) is 67.9 Å². The van der Waals surface area contributed by atoms with E-state index in [1.165, 1.54) is 167 Å². The minimum absolute atomic E-state index is 0.0922. The number of alkyl carbamates (subject to hydrolysis) is 1. The number of rotatable bonds is 52. The van der Waals surface area contributed by atoms with Crippen LogP contribution in [-0.2, 0) is 14.3 Å². The minimum atomic E-state index is -0.358. The molecule has 0 heterocycles. The van der Waals surface area contributed by atoms with Crippen LogP contribution in [0, 0.1) is 5.41 Å². The Labute approximate surface area is 429 Å². The number of nitrogens with zero attached hydrogens (tertiary/aromatic N) is 1. The SMILES string of the molecule is CCCCCC=CCC=CCCCCCCCCC(CCCCCCCC/C=C\C/C=C\CCCCC)(CNC(=O)OCCCN(C)C)COC(=O)CCCCCCC/C=C\C/C=C\CCCCC. The van der Waals surface area contributed by atoms with Crippen molar-refractivity contribution in [3.8, 4) is 0 Å². The molecule has 6 heteroatoms. The maximum atomic E-state index is 13.3. The van der Waals surface area contributed by atoms with Crippen LogP contribution in [0.3, 0.4) is 0 Å². The molecule has 69 heavy (non-hydrogen) atoms. The molecule has 1 N–H and O–H groups in total. The first-order valence-corrected chi connectivity index (χ1v) is 29.5. The van der Waals surface area contributed by atoms with Gasteiger partial charge in [0.2, 0.25) is 0 Å². The number of carbonyl (C=O) groups is 2. The van der Waals surface area contributed by atoms with Crippen molar-refractivity contribution in [1.82, 2.24) is 10.2 Å². The summed E-state index contributed by atoms with van der Waals surface area (Å²) in [7, 11) is 4.07. The Morgan fingerprint density at radius 1 is 0.420 bits per heavy atom. The number of carbonyl (C=O) groups excluding carboxylic acids is 2. The van der Waals surface area contributed by atoms with Crippen LogP contribution in [0.2, 0.25) is 0 Å². The molecule has 1 atom stereocenters. The highest BCUT2D eigenvalue weighted by molar-refractivity contribution is 5.69. The predicted octanol–water partition coefficient (Wildman–Crippen LogP) is 19.4. The Kier molecular flexibility index (Phi) is 52.2. The van der Waals surface area contributed by atoms with E-state index in [9.17, 15) is 9.59 Å². The van der Waals surface area contributed by atoms with Gasteiger partial charge in [0.15, 0.2) is 0 Å². The lowest BCUT2D eigenvalue weighted by Crippen LogP contribution is -2.41.